The Morgan fingerprint density at radius 3 is 2.48 bits per heavy atom. The largest absolute Gasteiger partial charge is 0.493 e. The zero-order valence-corrected chi connectivity index (χ0v) is 12.1. The van der Waals surface area contributed by atoms with E-state index in [0.717, 1.165) is 10.2 Å². The number of ether oxygens (including phenoxy) is 2. The summed E-state index contributed by atoms with van der Waals surface area (Å²) in [6.07, 6.45) is 0. The van der Waals surface area contributed by atoms with Crippen LogP contribution in [0.5, 0.6) is 11.5 Å². The van der Waals surface area contributed by atoms with Crippen LogP contribution in [0.3, 0.4) is 0 Å². The summed E-state index contributed by atoms with van der Waals surface area (Å²) < 4.78 is 11.6. The molecule has 21 heavy (non-hydrogen) atoms. The number of carbonyl (C=O) groups excluding carboxylic acids is 1. The third-order valence-electron chi connectivity index (χ3n) is 2.92. The molecular weight excluding hydrogens is 272 g/mol. The lowest BCUT2D eigenvalue weighted by atomic mass is 10.1. The Bertz CT molecular complexity index is 722. The van der Waals surface area contributed by atoms with Gasteiger partial charge in [-0.15, -0.1) is 0 Å². The van der Waals surface area contributed by atoms with Crippen LogP contribution in [0.2, 0.25) is 0 Å². The fraction of sp³-hybridized carbons (Fsp3) is 0.267. The molecule has 1 aromatic heterocycles. The lowest BCUT2D eigenvalue weighted by Crippen LogP contribution is -2.25. The first kappa shape index (κ1) is 14.8. The van der Waals surface area contributed by atoms with Crippen molar-refractivity contribution in [1.29, 1.82) is 0 Å². The van der Waals surface area contributed by atoms with Gasteiger partial charge in [0.25, 0.3) is 5.56 Å². The summed E-state index contributed by atoms with van der Waals surface area (Å²) in [5, 5.41) is 4.20. The van der Waals surface area contributed by atoms with Crippen LogP contribution in [0.1, 0.15) is 6.92 Å². The third-order valence-corrected chi connectivity index (χ3v) is 2.92. The predicted octanol–water partition coefficient (Wildman–Crippen LogP) is 1.52. The summed E-state index contributed by atoms with van der Waals surface area (Å²) in [5.74, 6) is 1.05. The molecule has 1 aromatic carbocycles. The molecule has 6 nitrogen and oxygen atoms in total. The zero-order valence-electron chi connectivity index (χ0n) is 12.1. The Morgan fingerprint density at radius 1 is 1.14 bits per heavy atom. The molecule has 0 saturated carbocycles. The first-order chi connectivity index (χ1) is 10.0. The number of methoxy groups -OCH3 is 2. The first-order valence-corrected chi connectivity index (χ1v) is 6.35. The van der Waals surface area contributed by atoms with E-state index in [1.165, 1.54) is 13.0 Å². The minimum Gasteiger partial charge on any atom is -0.493 e. The van der Waals surface area contributed by atoms with E-state index in [9.17, 15) is 9.59 Å². The highest BCUT2D eigenvalue weighted by molar-refractivity contribution is 5.75. The maximum atomic E-state index is 11.7. The maximum Gasteiger partial charge on any atom is 0.267 e. The first-order valence-electron chi connectivity index (χ1n) is 6.35. The molecule has 1 heterocycles. The number of aromatic nitrogens is 2. The highest BCUT2D eigenvalue weighted by atomic mass is 16.5. The zero-order chi connectivity index (χ0) is 15.4. The molecule has 0 amide bonds. The van der Waals surface area contributed by atoms with Gasteiger partial charge in [-0.25, -0.2) is 4.68 Å². The second-order valence-electron chi connectivity index (χ2n) is 4.49. The Kier molecular flexibility index (Phi) is 4.37. The lowest BCUT2D eigenvalue weighted by Gasteiger charge is -2.10. The van der Waals surface area contributed by atoms with Crippen molar-refractivity contribution in [2.75, 3.05) is 14.2 Å². The summed E-state index contributed by atoms with van der Waals surface area (Å²) in [7, 11) is 3.11. The molecule has 6 heteroatoms. The Hall–Kier alpha value is -2.63. The van der Waals surface area contributed by atoms with E-state index in [1.807, 2.05) is 6.07 Å². The molecule has 2 rings (SSSR count). The standard InChI is InChI=1S/C15H16N2O4/c1-10(18)9-17-15(19)7-5-12(16-17)11-4-6-13(20-2)14(8-11)21-3/h4-8H,9H2,1-3H3. The second-order valence-corrected chi connectivity index (χ2v) is 4.49. The molecule has 0 saturated heterocycles. The van der Waals surface area contributed by atoms with Crippen molar-refractivity contribution in [3.63, 3.8) is 0 Å². The van der Waals surface area contributed by atoms with Gasteiger partial charge in [0.15, 0.2) is 17.3 Å². The Labute approximate surface area is 121 Å². The summed E-state index contributed by atoms with van der Waals surface area (Å²) >= 11 is 0. The van der Waals surface area contributed by atoms with Gasteiger partial charge in [0.2, 0.25) is 0 Å². The fourth-order valence-electron chi connectivity index (χ4n) is 1.92. The third kappa shape index (κ3) is 3.28. The number of hydrogen-bond acceptors (Lipinski definition) is 5. The lowest BCUT2D eigenvalue weighted by molar-refractivity contribution is -0.117. The average molecular weight is 288 g/mol. The van der Waals surface area contributed by atoms with E-state index in [0.29, 0.717) is 17.2 Å². The fourth-order valence-corrected chi connectivity index (χ4v) is 1.92. The minimum absolute atomic E-state index is 0.0417. The quantitative estimate of drug-likeness (QED) is 0.834. The van der Waals surface area contributed by atoms with Gasteiger partial charge in [-0.1, -0.05) is 0 Å². The molecule has 0 aliphatic carbocycles. The topological polar surface area (TPSA) is 70.4 Å². The molecule has 0 spiro atoms. The van der Waals surface area contributed by atoms with Gasteiger partial charge in [0, 0.05) is 11.6 Å². The van der Waals surface area contributed by atoms with Gasteiger partial charge in [-0.2, -0.15) is 5.10 Å². The molecule has 0 N–H and O–H groups in total. The van der Waals surface area contributed by atoms with Crippen LogP contribution in [-0.2, 0) is 11.3 Å². The number of benzene rings is 1. The normalized spacial score (nSPS) is 10.2. The monoisotopic (exact) mass is 288 g/mol. The van der Waals surface area contributed by atoms with E-state index in [4.69, 9.17) is 9.47 Å². The molecule has 0 bridgehead atoms. The van der Waals surface area contributed by atoms with Crippen molar-refractivity contribution in [3.05, 3.63) is 40.7 Å². The van der Waals surface area contributed by atoms with Crippen molar-refractivity contribution in [2.24, 2.45) is 0 Å². The van der Waals surface area contributed by atoms with Crippen molar-refractivity contribution < 1.29 is 14.3 Å². The van der Waals surface area contributed by atoms with Gasteiger partial charge in [-0.3, -0.25) is 9.59 Å². The predicted molar refractivity (Wildman–Crippen MR) is 77.7 cm³/mol. The van der Waals surface area contributed by atoms with Gasteiger partial charge in [0.1, 0.15) is 6.54 Å². The average Bonchev–Trinajstić information content (AvgIpc) is 2.48. The van der Waals surface area contributed by atoms with Crippen molar-refractivity contribution in [3.8, 4) is 22.8 Å². The Morgan fingerprint density at radius 2 is 1.86 bits per heavy atom. The van der Waals surface area contributed by atoms with Crippen LogP contribution < -0.4 is 15.0 Å². The number of rotatable bonds is 5. The second kappa shape index (κ2) is 6.21. The SMILES string of the molecule is COc1ccc(-c2ccc(=O)n(CC(C)=O)n2)cc1OC. The van der Waals surface area contributed by atoms with Crippen molar-refractivity contribution in [1.82, 2.24) is 9.78 Å². The van der Waals surface area contributed by atoms with E-state index in [-0.39, 0.29) is 17.9 Å². The molecule has 0 unspecified atom stereocenters. The van der Waals surface area contributed by atoms with Crippen LogP contribution >= 0.6 is 0 Å². The molecule has 0 fully saturated rings. The number of ketones is 1. The Balaban J connectivity index is 2.47. The molecule has 0 aliphatic rings. The van der Waals surface area contributed by atoms with Crippen LogP contribution in [0.15, 0.2) is 35.1 Å². The smallest absolute Gasteiger partial charge is 0.267 e. The molecular formula is C15H16N2O4. The maximum absolute atomic E-state index is 11.7. The molecule has 0 aliphatic heterocycles. The van der Waals surface area contributed by atoms with E-state index >= 15 is 0 Å². The number of hydrogen-bond donors (Lipinski definition) is 0. The van der Waals surface area contributed by atoms with E-state index < -0.39 is 0 Å². The minimum atomic E-state index is -0.311. The van der Waals surface area contributed by atoms with Crippen molar-refractivity contribution in [2.45, 2.75) is 13.5 Å². The van der Waals surface area contributed by atoms with Crippen LogP contribution in [0, 0.1) is 0 Å². The van der Waals surface area contributed by atoms with Crippen LogP contribution in [0.25, 0.3) is 11.3 Å². The summed E-state index contributed by atoms with van der Waals surface area (Å²) in [6, 6.07) is 8.34. The van der Waals surface area contributed by atoms with E-state index in [2.05, 4.69) is 5.10 Å². The van der Waals surface area contributed by atoms with E-state index in [1.54, 1.807) is 32.4 Å². The van der Waals surface area contributed by atoms with Crippen LogP contribution in [-0.4, -0.2) is 29.8 Å². The van der Waals surface area contributed by atoms with Gasteiger partial charge in [0.05, 0.1) is 19.9 Å². The molecule has 0 atom stereocenters. The number of nitrogens with zero attached hydrogens (tertiary/aromatic N) is 2. The molecule has 0 radical (unpaired) electrons. The highest BCUT2D eigenvalue weighted by Crippen LogP contribution is 2.31. The van der Waals surface area contributed by atoms with Crippen LogP contribution in [0.4, 0.5) is 0 Å². The molecule has 2 aromatic rings. The molecule has 110 valence electrons. The van der Waals surface area contributed by atoms with Gasteiger partial charge in [-0.05, 0) is 31.2 Å². The summed E-state index contributed by atoms with van der Waals surface area (Å²) in [5.41, 5.74) is 1.04. The summed E-state index contributed by atoms with van der Waals surface area (Å²) in [6.45, 7) is 1.37. The number of carbonyl (C=O) groups is 1. The highest BCUT2D eigenvalue weighted by Gasteiger charge is 2.09. The van der Waals surface area contributed by atoms with Crippen molar-refractivity contribution >= 4 is 5.78 Å². The summed E-state index contributed by atoms with van der Waals surface area (Å²) in [4.78, 5) is 22.8. The van der Waals surface area contributed by atoms with Gasteiger partial charge < -0.3 is 9.47 Å². The van der Waals surface area contributed by atoms with Gasteiger partial charge >= 0.3 is 0 Å². The number of Topliss-reactive ketones (excluding diaryl/α,β-unsaturated/α-hetero) is 1.